The van der Waals surface area contributed by atoms with E-state index in [1.807, 2.05) is 30.3 Å². The van der Waals surface area contributed by atoms with E-state index in [0.29, 0.717) is 42.9 Å². The van der Waals surface area contributed by atoms with Crippen LogP contribution >= 0.6 is 43.2 Å². The first-order chi connectivity index (χ1) is 18.5. The number of nitrogens with one attached hydrogen (secondary N) is 1. The summed E-state index contributed by atoms with van der Waals surface area (Å²) in [5.74, 6) is 0.981. The summed E-state index contributed by atoms with van der Waals surface area (Å²) in [6.07, 6.45) is 3.46. The number of hydrogen-bond acceptors (Lipinski definition) is 7. The Morgan fingerprint density at radius 2 is 2.03 bits per heavy atom. The van der Waals surface area contributed by atoms with Crippen LogP contribution in [0.25, 0.3) is 26.3 Å². The number of methoxy groups -OCH3 is 1. The molecule has 1 fully saturated rings. The molecule has 4 aromatic rings. The van der Waals surface area contributed by atoms with Crippen molar-refractivity contribution in [2.45, 2.75) is 23.7 Å². The van der Waals surface area contributed by atoms with Gasteiger partial charge in [0.05, 0.1) is 5.52 Å². The Morgan fingerprint density at radius 1 is 1.21 bits per heavy atom. The number of nitrogens with zero attached hydrogens (tertiary/aromatic N) is 2. The molecular weight excluding hydrogens is 641 g/mol. The summed E-state index contributed by atoms with van der Waals surface area (Å²) in [4.78, 5) is 30.7. The van der Waals surface area contributed by atoms with Crippen LogP contribution in [-0.2, 0) is 3.07 Å². The quantitative estimate of drug-likeness (QED) is 0.118. The van der Waals surface area contributed by atoms with E-state index in [1.54, 1.807) is 18.2 Å². The van der Waals surface area contributed by atoms with Gasteiger partial charge in [0.25, 0.3) is 0 Å². The summed E-state index contributed by atoms with van der Waals surface area (Å²) in [6, 6.07) is 14.6. The van der Waals surface area contributed by atoms with Crippen molar-refractivity contribution in [2.24, 2.45) is 0 Å². The first kappa shape index (κ1) is 26.8. The molecule has 200 valence electrons. The molecule has 11 heteroatoms. The van der Waals surface area contributed by atoms with Crippen LogP contribution in [0, 0.1) is 0 Å². The van der Waals surface area contributed by atoms with Crippen molar-refractivity contribution < 1.29 is 17.3 Å². The van der Waals surface area contributed by atoms with Crippen LogP contribution in [0.5, 0.6) is 11.5 Å². The Kier molecular flexibility index (Phi) is 8.39. The van der Waals surface area contributed by atoms with Gasteiger partial charge in [0.1, 0.15) is 4.70 Å². The zero-order valence-corrected chi connectivity index (χ0v) is 24.6. The third-order valence-corrected chi connectivity index (χ3v) is 12.2. The number of benzene rings is 2. The normalized spacial score (nSPS) is 15.3. The van der Waals surface area contributed by atoms with Crippen molar-refractivity contribution in [3.63, 3.8) is 0 Å². The van der Waals surface area contributed by atoms with Gasteiger partial charge in [0, 0.05) is 9.90 Å². The number of fused-ring (bicyclic) bond motifs is 1. The SMILES string of the molecule is CCCC1CI1OC(=O)NCCOc1ccc(-n2cnc3cc(-c4ccc(Cl)cc4)sc3c2=O)cc1OC. The van der Waals surface area contributed by atoms with E-state index < -0.39 is 20.2 Å². The molecule has 0 bridgehead atoms. The second kappa shape index (κ2) is 11.9. The molecule has 1 aliphatic rings. The number of hydrogen-bond donors (Lipinski definition) is 1. The molecule has 2 aromatic heterocycles. The average Bonchev–Trinajstić information content (AvgIpc) is 3.48. The second-order valence-corrected chi connectivity index (χ2v) is 15.2. The van der Waals surface area contributed by atoms with Gasteiger partial charge in [0.2, 0.25) is 0 Å². The topological polar surface area (TPSA) is 91.7 Å². The molecule has 2 aromatic carbocycles. The van der Waals surface area contributed by atoms with Crippen molar-refractivity contribution in [3.05, 3.63) is 70.2 Å². The van der Waals surface area contributed by atoms with Gasteiger partial charge in [-0.25, -0.2) is 4.98 Å². The summed E-state index contributed by atoms with van der Waals surface area (Å²) >= 11 is 5.91. The van der Waals surface area contributed by atoms with Gasteiger partial charge in [0.15, 0.2) is 0 Å². The van der Waals surface area contributed by atoms with Crippen LogP contribution in [0.4, 0.5) is 4.79 Å². The Balaban J connectivity index is 1.24. The van der Waals surface area contributed by atoms with E-state index in [1.165, 1.54) is 29.3 Å². The molecule has 0 saturated carbocycles. The van der Waals surface area contributed by atoms with Gasteiger partial charge in [-0.1, -0.05) is 23.7 Å². The zero-order chi connectivity index (χ0) is 26.6. The van der Waals surface area contributed by atoms with Gasteiger partial charge in [-0.15, -0.1) is 11.3 Å². The predicted molar refractivity (Wildman–Crippen MR) is 160 cm³/mol. The monoisotopic (exact) mass is 667 g/mol. The number of carbonyl (C=O) groups excluding carboxylic acids is 1. The van der Waals surface area contributed by atoms with Crippen molar-refractivity contribution in [2.75, 3.05) is 24.7 Å². The van der Waals surface area contributed by atoms with Crippen LogP contribution in [0.2, 0.25) is 5.02 Å². The van der Waals surface area contributed by atoms with E-state index >= 15 is 0 Å². The fraction of sp³-hybridized carbons (Fsp3) is 0.296. The molecule has 1 N–H and O–H groups in total. The number of thiophene rings is 1. The van der Waals surface area contributed by atoms with Crippen LogP contribution in [0.1, 0.15) is 19.8 Å². The molecule has 0 aliphatic carbocycles. The molecule has 1 atom stereocenters. The number of rotatable bonds is 10. The molecule has 8 nitrogen and oxygen atoms in total. The van der Waals surface area contributed by atoms with Crippen LogP contribution < -0.4 is 20.3 Å². The van der Waals surface area contributed by atoms with Gasteiger partial charge in [-0.3, -0.25) is 4.79 Å². The summed E-state index contributed by atoms with van der Waals surface area (Å²) in [7, 11) is 1.54. The predicted octanol–water partition coefficient (Wildman–Crippen LogP) is 6.48. The summed E-state index contributed by atoms with van der Waals surface area (Å²) in [5.41, 5.74) is 2.06. The molecule has 0 spiro atoms. The summed E-state index contributed by atoms with van der Waals surface area (Å²) < 4.78 is 20.7. The Bertz CT molecular complexity index is 1510. The number of halogens is 2. The van der Waals surface area contributed by atoms with Gasteiger partial charge < -0.3 is 0 Å². The molecule has 3 heterocycles. The third-order valence-electron chi connectivity index (χ3n) is 5.95. The number of alkyl halides is 2. The molecule has 5 rings (SSSR count). The molecule has 1 aliphatic heterocycles. The number of aromatic nitrogens is 2. The fourth-order valence-electron chi connectivity index (χ4n) is 3.95. The van der Waals surface area contributed by atoms with Crippen LogP contribution in [-0.4, -0.2) is 44.3 Å². The van der Waals surface area contributed by atoms with Gasteiger partial charge in [-0.05, 0) is 23.8 Å². The fourth-order valence-corrected chi connectivity index (χ4v) is 9.75. The first-order valence-corrected chi connectivity index (χ1v) is 17.0. The first-order valence-electron chi connectivity index (χ1n) is 12.2. The van der Waals surface area contributed by atoms with E-state index in [-0.39, 0.29) is 18.3 Å². The minimum atomic E-state index is -1.49. The average molecular weight is 668 g/mol. The zero-order valence-electron chi connectivity index (χ0n) is 20.9. The van der Waals surface area contributed by atoms with E-state index in [2.05, 4.69) is 17.2 Å². The van der Waals surface area contributed by atoms with Gasteiger partial charge in [-0.2, -0.15) is 0 Å². The maximum atomic E-state index is 13.3. The molecular formula is C27H27ClIN3O5S. The molecule has 0 radical (unpaired) electrons. The van der Waals surface area contributed by atoms with Crippen molar-refractivity contribution in [1.29, 1.82) is 0 Å². The minimum absolute atomic E-state index is 0.167. The summed E-state index contributed by atoms with van der Waals surface area (Å²) in [6.45, 7) is 2.73. The third kappa shape index (κ3) is 6.08. The molecule has 1 saturated heterocycles. The molecule has 1 unspecified atom stereocenters. The second-order valence-electron chi connectivity index (χ2n) is 8.62. The Hall–Kier alpha value is -2.83. The number of carbonyl (C=O) groups is 1. The Morgan fingerprint density at radius 3 is 2.79 bits per heavy atom. The van der Waals surface area contributed by atoms with Crippen molar-refractivity contribution in [3.8, 4) is 27.6 Å². The number of amides is 1. The van der Waals surface area contributed by atoms with E-state index in [9.17, 15) is 9.59 Å². The van der Waals surface area contributed by atoms with Crippen LogP contribution in [0.15, 0.2) is 59.7 Å². The van der Waals surface area contributed by atoms with E-state index in [4.69, 9.17) is 24.1 Å². The van der Waals surface area contributed by atoms with E-state index in [0.717, 1.165) is 27.7 Å². The van der Waals surface area contributed by atoms with Crippen molar-refractivity contribution >= 4 is 59.5 Å². The standard InChI is InChI=1S/C27H27ClIN3O5S/c1-3-4-19-15-29(19)37-27(34)30-11-12-36-22-10-9-20(13-23(22)35-2)32-16-31-21-14-24(38-25(21)26(32)33)17-5-7-18(28)8-6-17/h5-10,13-14,16,19H,3-4,11-12,15H2,1-2H3,(H,30,34). The Labute approximate surface area is 236 Å². The molecule has 1 amide bonds. The number of ether oxygens (including phenoxy) is 2. The van der Waals surface area contributed by atoms with Crippen molar-refractivity contribution in [1.82, 2.24) is 14.9 Å². The summed E-state index contributed by atoms with van der Waals surface area (Å²) in [5, 5.41) is 3.41. The molecule has 38 heavy (non-hydrogen) atoms. The van der Waals surface area contributed by atoms with Gasteiger partial charge >= 0.3 is 149 Å². The maximum absolute atomic E-state index is 13.3. The van der Waals surface area contributed by atoms with Crippen LogP contribution in [0.3, 0.4) is 0 Å².